The van der Waals surface area contributed by atoms with Crippen LogP contribution in [-0.2, 0) is 9.53 Å². The molecular formula is C21H23NO7. The number of hydrogen-bond donors (Lipinski definition) is 1. The van der Waals surface area contributed by atoms with Gasteiger partial charge in [0.1, 0.15) is 17.9 Å². The Morgan fingerprint density at radius 2 is 1.79 bits per heavy atom. The van der Waals surface area contributed by atoms with Crippen molar-refractivity contribution in [2.75, 3.05) is 25.1 Å². The van der Waals surface area contributed by atoms with E-state index in [1.54, 1.807) is 37.3 Å². The van der Waals surface area contributed by atoms with Gasteiger partial charge in [0.15, 0.2) is 23.9 Å². The fraction of sp³-hybridized carbons (Fsp3) is 0.286. The lowest BCUT2D eigenvalue weighted by molar-refractivity contribution is -0.118. The summed E-state index contributed by atoms with van der Waals surface area (Å²) in [6.07, 6.45) is 1.59. The number of ether oxygens (including phenoxy) is 3. The zero-order chi connectivity index (χ0) is 21.4. The van der Waals surface area contributed by atoms with Crippen molar-refractivity contribution >= 4 is 23.5 Å². The molecule has 0 aliphatic carbocycles. The number of furan rings is 1. The van der Waals surface area contributed by atoms with Crippen LogP contribution in [0.4, 0.5) is 5.88 Å². The summed E-state index contributed by atoms with van der Waals surface area (Å²) in [4.78, 5) is 36.5. The molecule has 0 saturated heterocycles. The topological polar surface area (TPSA) is 104 Å². The molecule has 0 aliphatic heterocycles. The van der Waals surface area contributed by atoms with Gasteiger partial charge in [-0.2, -0.15) is 0 Å². The Bertz CT molecular complexity index is 914. The number of nitrogens with one attached hydrogen (secondary N) is 1. The number of carbonyl (C=O) groups is 3. The van der Waals surface area contributed by atoms with Crippen LogP contribution >= 0.6 is 0 Å². The van der Waals surface area contributed by atoms with Crippen molar-refractivity contribution in [3.8, 4) is 11.5 Å². The molecule has 0 aliphatic rings. The maximum atomic E-state index is 12.3. The molecule has 154 valence electrons. The summed E-state index contributed by atoms with van der Waals surface area (Å²) in [5.74, 6) is -0.836. The Balaban J connectivity index is 2.15. The van der Waals surface area contributed by atoms with Crippen molar-refractivity contribution in [1.29, 1.82) is 0 Å². The molecule has 1 amide bonds. The fourth-order valence-corrected chi connectivity index (χ4v) is 2.60. The van der Waals surface area contributed by atoms with E-state index in [-0.39, 0.29) is 48.4 Å². The minimum atomic E-state index is -0.756. The van der Waals surface area contributed by atoms with Gasteiger partial charge in [-0.15, -0.1) is 0 Å². The molecule has 0 fully saturated rings. The molecule has 29 heavy (non-hydrogen) atoms. The van der Waals surface area contributed by atoms with E-state index in [2.05, 4.69) is 11.9 Å². The average Bonchev–Trinajstić information content (AvgIpc) is 3.01. The highest BCUT2D eigenvalue weighted by atomic mass is 16.5. The molecule has 1 aromatic carbocycles. The van der Waals surface area contributed by atoms with E-state index in [4.69, 9.17) is 18.6 Å². The number of hydrogen-bond acceptors (Lipinski definition) is 7. The number of amides is 1. The second-order valence-electron chi connectivity index (χ2n) is 5.90. The number of rotatable bonds is 10. The Morgan fingerprint density at radius 1 is 1.14 bits per heavy atom. The van der Waals surface area contributed by atoms with Gasteiger partial charge < -0.3 is 18.6 Å². The van der Waals surface area contributed by atoms with Crippen LogP contribution in [0.25, 0.3) is 0 Å². The lowest BCUT2D eigenvalue weighted by Crippen LogP contribution is -2.22. The lowest BCUT2D eigenvalue weighted by Gasteiger charge is -2.11. The molecular weight excluding hydrogens is 378 g/mol. The molecule has 2 aromatic rings. The Hall–Kier alpha value is -3.55. The molecule has 0 atom stereocenters. The number of aryl methyl sites for hydroxylation is 1. The molecule has 0 unspecified atom stereocenters. The molecule has 8 heteroatoms. The van der Waals surface area contributed by atoms with Gasteiger partial charge in [0, 0.05) is 0 Å². The first-order valence-corrected chi connectivity index (χ1v) is 8.95. The number of anilines is 1. The molecule has 1 N–H and O–H groups in total. The van der Waals surface area contributed by atoms with Gasteiger partial charge >= 0.3 is 5.97 Å². The number of Topliss-reactive ketones (excluding diaryl/α,β-unsaturated/α-hetero) is 1. The predicted octanol–water partition coefficient (Wildman–Crippen LogP) is 3.55. The van der Waals surface area contributed by atoms with Crippen LogP contribution in [0.5, 0.6) is 11.5 Å². The minimum Gasteiger partial charge on any atom is -0.486 e. The van der Waals surface area contributed by atoms with Crippen LogP contribution in [0, 0.1) is 6.92 Å². The predicted molar refractivity (Wildman–Crippen MR) is 106 cm³/mol. The van der Waals surface area contributed by atoms with Crippen molar-refractivity contribution < 1.29 is 33.0 Å². The van der Waals surface area contributed by atoms with E-state index < -0.39 is 11.9 Å². The standard InChI is InChI=1S/C21H23NO7/c1-5-11-27-15-9-7-8-10-16(15)28-12-17(24)22-20-19(21(25)26-6-2)18(13(3)23)14(4)29-20/h5,7-10H,1,6,11-12H2,2-4H3,(H,22,24). The monoisotopic (exact) mass is 401 g/mol. The molecule has 0 saturated carbocycles. The highest BCUT2D eigenvalue weighted by Gasteiger charge is 2.28. The zero-order valence-electron chi connectivity index (χ0n) is 16.6. The second kappa shape index (κ2) is 10.1. The van der Waals surface area contributed by atoms with Crippen LogP contribution in [0.1, 0.15) is 40.3 Å². The number of benzene rings is 1. The van der Waals surface area contributed by atoms with Crippen molar-refractivity contribution in [3.05, 3.63) is 53.8 Å². The van der Waals surface area contributed by atoms with Gasteiger partial charge in [-0.05, 0) is 32.9 Å². The van der Waals surface area contributed by atoms with E-state index in [0.29, 0.717) is 11.5 Å². The smallest absolute Gasteiger partial charge is 0.344 e. The highest BCUT2D eigenvalue weighted by Crippen LogP contribution is 2.29. The minimum absolute atomic E-state index is 0.0721. The first-order chi connectivity index (χ1) is 13.9. The summed E-state index contributed by atoms with van der Waals surface area (Å²) in [6, 6.07) is 6.86. The van der Waals surface area contributed by atoms with Crippen LogP contribution in [0.3, 0.4) is 0 Å². The van der Waals surface area contributed by atoms with Gasteiger partial charge in [-0.25, -0.2) is 4.79 Å². The summed E-state index contributed by atoms with van der Waals surface area (Å²) in [5, 5.41) is 2.46. The summed E-state index contributed by atoms with van der Waals surface area (Å²) in [5.41, 5.74) is -0.0391. The van der Waals surface area contributed by atoms with E-state index in [1.807, 2.05) is 0 Å². The quantitative estimate of drug-likeness (QED) is 0.369. The van der Waals surface area contributed by atoms with Crippen LogP contribution in [-0.4, -0.2) is 37.5 Å². The van der Waals surface area contributed by atoms with E-state index in [1.165, 1.54) is 13.8 Å². The van der Waals surface area contributed by atoms with Crippen molar-refractivity contribution in [1.82, 2.24) is 0 Å². The Kier molecular flexibility index (Phi) is 7.59. The average molecular weight is 401 g/mol. The number of para-hydroxylation sites is 2. The maximum Gasteiger partial charge on any atom is 0.344 e. The molecule has 0 bridgehead atoms. The van der Waals surface area contributed by atoms with Gasteiger partial charge in [0.2, 0.25) is 5.88 Å². The van der Waals surface area contributed by atoms with Crippen molar-refractivity contribution in [3.63, 3.8) is 0 Å². The Morgan fingerprint density at radius 3 is 2.38 bits per heavy atom. The van der Waals surface area contributed by atoms with Crippen LogP contribution in [0.15, 0.2) is 41.3 Å². The Labute approximate surface area is 168 Å². The molecule has 1 heterocycles. The third-order valence-corrected chi connectivity index (χ3v) is 3.73. The zero-order valence-corrected chi connectivity index (χ0v) is 16.6. The van der Waals surface area contributed by atoms with Crippen molar-refractivity contribution in [2.45, 2.75) is 20.8 Å². The first-order valence-electron chi connectivity index (χ1n) is 8.95. The summed E-state index contributed by atoms with van der Waals surface area (Å²) in [7, 11) is 0. The van der Waals surface area contributed by atoms with Crippen molar-refractivity contribution in [2.24, 2.45) is 0 Å². The number of esters is 1. The van der Waals surface area contributed by atoms with E-state index in [0.717, 1.165) is 0 Å². The fourth-order valence-electron chi connectivity index (χ4n) is 2.60. The first kappa shape index (κ1) is 21.7. The maximum absolute atomic E-state index is 12.3. The summed E-state index contributed by atoms with van der Waals surface area (Å²) >= 11 is 0. The molecule has 1 aromatic heterocycles. The SMILES string of the molecule is C=CCOc1ccccc1OCC(=O)Nc1oc(C)c(C(C)=O)c1C(=O)OCC. The molecule has 0 radical (unpaired) electrons. The van der Waals surface area contributed by atoms with Crippen LogP contribution < -0.4 is 14.8 Å². The lowest BCUT2D eigenvalue weighted by atomic mass is 10.1. The van der Waals surface area contributed by atoms with Gasteiger partial charge in [-0.1, -0.05) is 24.8 Å². The third-order valence-electron chi connectivity index (χ3n) is 3.73. The largest absolute Gasteiger partial charge is 0.486 e. The molecule has 2 rings (SSSR count). The number of carbonyl (C=O) groups excluding carboxylic acids is 3. The third kappa shape index (κ3) is 5.47. The highest BCUT2D eigenvalue weighted by molar-refractivity contribution is 6.10. The van der Waals surface area contributed by atoms with E-state index in [9.17, 15) is 14.4 Å². The summed E-state index contributed by atoms with van der Waals surface area (Å²) < 4.78 is 21.4. The van der Waals surface area contributed by atoms with Crippen LogP contribution in [0.2, 0.25) is 0 Å². The normalized spacial score (nSPS) is 10.2. The van der Waals surface area contributed by atoms with E-state index >= 15 is 0 Å². The van der Waals surface area contributed by atoms with Gasteiger partial charge in [-0.3, -0.25) is 14.9 Å². The molecule has 8 nitrogen and oxygen atoms in total. The number of ketones is 1. The molecule has 0 spiro atoms. The summed E-state index contributed by atoms with van der Waals surface area (Å²) in [6.45, 7) is 8.07. The van der Waals surface area contributed by atoms with Gasteiger partial charge in [0.05, 0.1) is 12.2 Å². The van der Waals surface area contributed by atoms with Gasteiger partial charge in [0.25, 0.3) is 5.91 Å². The second-order valence-corrected chi connectivity index (χ2v) is 5.90.